The molecule has 0 spiro atoms. The maximum Gasteiger partial charge on any atom is 0.312 e. The molecule has 0 aliphatic carbocycles. The average Bonchev–Trinajstić information content (AvgIpc) is 3.26. The molecule has 3 rings (SSSR count). The SMILES string of the molecule is O=C(COC(=O)Cc1csc(-c2cccs2)n1)Nc1ccccc1F. The van der Waals surface area contributed by atoms with Gasteiger partial charge in [-0.15, -0.1) is 22.7 Å². The Kier molecular flexibility index (Phi) is 5.52. The third kappa shape index (κ3) is 4.71. The fraction of sp³-hybridized carbons (Fsp3) is 0.118. The summed E-state index contributed by atoms with van der Waals surface area (Å²) in [5.41, 5.74) is 0.636. The van der Waals surface area contributed by atoms with Crippen LogP contribution in [0.3, 0.4) is 0 Å². The van der Waals surface area contributed by atoms with Gasteiger partial charge in [-0.05, 0) is 23.6 Å². The number of thiophene rings is 1. The maximum atomic E-state index is 13.4. The molecule has 0 aliphatic rings. The number of para-hydroxylation sites is 1. The van der Waals surface area contributed by atoms with E-state index in [0.29, 0.717) is 5.69 Å². The van der Waals surface area contributed by atoms with Gasteiger partial charge in [0.15, 0.2) is 6.61 Å². The van der Waals surface area contributed by atoms with Crippen molar-refractivity contribution in [3.8, 4) is 9.88 Å². The van der Waals surface area contributed by atoms with E-state index in [1.807, 2.05) is 17.5 Å². The highest BCUT2D eigenvalue weighted by atomic mass is 32.1. The van der Waals surface area contributed by atoms with Crippen LogP contribution in [0.4, 0.5) is 10.1 Å². The summed E-state index contributed by atoms with van der Waals surface area (Å²) in [4.78, 5) is 29.0. The lowest BCUT2D eigenvalue weighted by molar-refractivity contribution is -0.146. The van der Waals surface area contributed by atoms with Crippen molar-refractivity contribution in [1.29, 1.82) is 0 Å². The minimum absolute atomic E-state index is 0.0190. The van der Waals surface area contributed by atoms with Crippen molar-refractivity contribution in [3.63, 3.8) is 0 Å². The van der Waals surface area contributed by atoms with Gasteiger partial charge in [0.05, 0.1) is 22.7 Å². The number of anilines is 1. The highest BCUT2D eigenvalue weighted by molar-refractivity contribution is 7.20. The Bertz CT molecular complexity index is 878. The predicted octanol–water partition coefficient (Wildman–Crippen LogP) is 3.74. The second-order valence-corrected chi connectivity index (χ2v) is 6.79. The van der Waals surface area contributed by atoms with E-state index in [2.05, 4.69) is 10.3 Å². The number of benzene rings is 1. The molecule has 2 aromatic heterocycles. The summed E-state index contributed by atoms with van der Waals surface area (Å²) in [6.45, 7) is -0.477. The minimum Gasteiger partial charge on any atom is -0.455 e. The van der Waals surface area contributed by atoms with Gasteiger partial charge in [-0.3, -0.25) is 9.59 Å². The molecule has 1 aromatic carbocycles. The number of thiazole rings is 1. The first-order valence-electron chi connectivity index (χ1n) is 7.30. The highest BCUT2D eigenvalue weighted by Crippen LogP contribution is 2.27. The number of nitrogens with one attached hydrogen (secondary N) is 1. The van der Waals surface area contributed by atoms with E-state index in [0.717, 1.165) is 9.88 Å². The molecule has 3 aromatic rings. The standard InChI is InChI=1S/C17H13FN2O3S2/c18-12-4-1-2-5-13(12)20-15(21)9-23-16(22)8-11-10-25-17(19-11)14-6-3-7-24-14/h1-7,10H,8-9H2,(H,20,21). The number of halogens is 1. The first-order chi connectivity index (χ1) is 12.1. The molecule has 5 nitrogen and oxygen atoms in total. The van der Waals surface area contributed by atoms with Crippen LogP contribution in [0, 0.1) is 5.82 Å². The van der Waals surface area contributed by atoms with Crippen LogP contribution >= 0.6 is 22.7 Å². The lowest BCUT2D eigenvalue weighted by Gasteiger charge is -2.06. The molecule has 0 aliphatic heterocycles. The second-order valence-electron chi connectivity index (χ2n) is 4.99. The van der Waals surface area contributed by atoms with E-state index in [9.17, 15) is 14.0 Å². The van der Waals surface area contributed by atoms with Crippen LogP contribution in [-0.4, -0.2) is 23.5 Å². The van der Waals surface area contributed by atoms with Gasteiger partial charge < -0.3 is 10.1 Å². The fourth-order valence-electron chi connectivity index (χ4n) is 2.00. The summed E-state index contributed by atoms with van der Waals surface area (Å²) in [6, 6.07) is 9.66. The number of esters is 1. The van der Waals surface area contributed by atoms with Gasteiger partial charge in [0, 0.05) is 5.38 Å². The molecule has 0 saturated heterocycles. The molecular weight excluding hydrogens is 363 g/mol. The molecule has 8 heteroatoms. The van der Waals surface area contributed by atoms with E-state index in [1.165, 1.54) is 29.5 Å². The molecule has 0 fully saturated rings. The Morgan fingerprint density at radius 2 is 2.00 bits per heavy atom. The summed E-state index contributed by atoms with van der Waals surface area (Å²) in [5.74, 6) is -1.71. The molecule has 0 saturated carbocycles. The Balaban J connectivity index is 1.48. The van der Waals surface area contributed by atoms with Crippen molar-refractivity contribution in [2.24, 2.45) is 0 Å². The van der Waals surface area contributed by atoms with Gasteiger partial charge in [-0.25, -0.2) is 9.37 Å². The van der Waals surface area contributed by atoms with Crippen LogP contribution in [0.15, 0.2) is 47.2 Å². The Labute approximate surface area is 151 Å². The quantitative estimate of drug-likeness (QED) is 0.666. The van der Waals surface area contributed by atoms with E-state index in [-0.39, 0.29) is 12.1 Å². The fourth-order valence-corrected chi connectivity index (χ4v) is 3.63. The smallest absolute Gasteiger partial charge is 0.312 e. The number of aromatic nitrogens is 1. The van der Waals surface area contributed by atoms with Gasteiger partial charge in [-0.2, -0.15) is 0 Å². The molecule has 0 atom stereocenters. The Morgan fingerprint density at radius 1 is 1.16 bits per heavy atom. The van der Waals surface area contributed by atoms with Crippen molar-refractivity contribution in [2.45, 2.75) is 6.42 Å². The number of rotatable bonds is 6. The predicted molar refractivity (Wildman–Crippen MR) is 95.1 cm³/mol. The van der Waals surface area contributed by atoms with Crippen LogP contribution in [0.2, 0.25) is 0 Å². The molecule has 0 unspecified atom stereocenters. The summed E-state index contributed by atoms with van der Waals surface area (Å²) in [6.07, 6.45) is -0.0190. The molecular formula is C17H13FN2O3S2. The van der Waals surface area contributed by atoms with Gasteiger partial charge in [0.2, 0.25) is 0 Å². The largest absolute Gasteiger partial charge is 0.455 e. The molecule has 128 valence electrons. The zero-order valence-corrected chi connectivity index (χ0v) is 14.5. The number of amides is 1. The first kappa shape index (κ1) is 17.2. The Morgan fingerprint density at radius 3 is 2.76 bits per heavy atom. The van der Waals surface area contributed by atoms with Gasteiger partial charge in [0.25, 0.3) is 5.91 Å². The molecule has 2 heterocycles. The lowest BCUT2D eigenvalue weighted by Crippen LogP contribution is -2.22. The van der Waals surface area contributed by atoms with Gasteiger partial charge >= 0.3 is 5.97 Å². The summed E-state index contributed by atoms with van der Waals surface area (Å²) >= 11 is 3.02. The summed E-state index contributed by atoms with van der Waals surface area (Å²) in [5, 5.41) is 6.94. The van der Waals surface area contributed by atoms with Crippen molar-refractivity contribution in [2.75, 3.05) is 11.9 Å². The number of ether oxygens (including phenoxy) is 1. The highest BCUT2D eigenvalue weighted by Gasteiger charge is 2.13. The van der Waals surface area contributed by atoms with Crippen LogP contribution in [0.5, 0.6) is 0 Å². The zero-order chi connectivity index (χ0) is 17.6. The molecule has 0 bridgehead atoms. The minimum atomic E-state index is -0.601. The topological polar surface area (TPSA) is 68.3 Å². The van der Waals surface area contributed by atoms with Crippen molar-refractivity contribution < 1.29 is 18.7 Å². The monoisotopic (exact) mass is 376 g/mol. The molecule has 0 radical (unpaired) electrons. The van der Waals surface area contributed by atoms with Crippen LogP contribution in [0.1, 0.15) is 5.69 Å². The average molecular weight is 376 g/mol. The summed E-state index contributed by atoms with van der Waals surface area (Å²) < 4.78 is 18.3. The maximum absolute atomic E-state index is 13.4. The van der Waals surface area contributed by atoms with Crippen molar-refractivity contribution in [1.82, 2.24) is 4.98 Å². The molecule has 25 heavy (non-hydrogen) atoms. The number of carbonyl (C=O) groups is 2. The molecule has 1 amide bonds. The second kappa shape index (κ2) is 8.00. The van der Waals surface area contributed by atoms with Crippen molar-refractivity contribution in [3.05, 3.63) is 58.7 Å². The zero-order valence-electron chi connectivity index (χ0n) is 12.9. The van der Waals surface area contributed by atoms with Gasteiger partial charge in [-0.1, -0.05) is 18.2 Å². The van der Waals surface area contributed by atoms with Crippen LogP contribution < -0.4 is 5.32 Å². The lowest BCUT2D eigenvalue weighted by atomic mass is 10.3. The first-order valence-corrected chi connectivity index (χ1v) is 9.06. The third-order valence-electron chi connectivity index (χ3n) is 3.12. The van der Waals surface area contributed by atoms with Gasteiger partial charge in [0.1, 0.15) is 10.8 Å². The number of hydrogen-bond donors (Lipinski definition) is 1. The number of nitrogens with zero attached hydrogens (tertiary/aromatic N) is 1. The number of carbonyl (C=O) groups excluding carboxylic acids is 2. The van der Waals surface area contributed by atoms with E-state index in [4.69, 9.17) is 4.74 Å². The molecule has 1 N–H and O–H groups in total. The Hall–Kier alpha value is -2.58. The van der Waals surface area contributed by atoms with Crippen LogP contribution in [-0.2, 0) is 20.7 Å². The third-order valence-corrected chi connectivity index (χ3v) is 5.05. The van der Waals surface area contributed by atoms with E-state index in [1.54, 1.807) is 22.8 Å². The summed E-state index contributed by atoms with van der Waals surface area (Å²) in [7, 11) is 0. The van der Waals surface area contributed by atoms with Crippen LogP contribution in [0.25, 0.3) is 9.88 Å². The van der Waals surface area contributed by atoms with E-state index >= 15 is 0 Å². The normalized spacial score (nSPS) is 10.4. The van der Waals surface area contributed by atoms with E-state index < -0.39 is 24.3 Å². The van der Waals surface area contributed by atoms with Crippen molar-refractivity contribution >= 4 is 40.2 Å². The number of hydrogen-bond acceptors (Lipinski definition) is 6.